The lowest BCUT2D eigenvalue weighted by atomic mass is 9.88. The van der Waals surface area contributed by atoms with Gasteiger partial charge in [0.1, 0.15) is 11.1 Å². The Balaban J connectivity index is 1.31. The summed E-state index contributed by atoms with van der Waals surface area (Å²) in [5.74, 6) is -0.147. The average Bonchev–Trinajstić information content (AvgIpc) is 3.54. The van der Waals surface area contributed by atoms with E-state index in [4.69, 9.17) is 9.15 Å². The number of nitriles is 1. The molecule has 2 amide bonds. The van der Waals surface area contributed by atoms with Crippen LogP contribution in [0.4, 0.5) is 9.80 Å². The highest BCUT2D eigenvalue weighted by Gasteiger charge is 2.27. The van der Waals surface area contributed by atoms with E-state index < -0.39 is 6.09 Å². The second kappa shape index (κ2) is 10.2. The van der Waals surface area contributed by atoms with Gasteiger partial charge in [-0.1, -0.05) is 0 Å². The van der Waals surface area contributed by atoms with Gasteiger partial charge >= 0.3 is 6.09 Å². The van der Waals surface area contributed by atoms with Gasteiger partial charge in [0.2, 0.25) is 5.91 Å². The molecule has 0 aliphatic heterocycles. The Morgan fingerprint density at radius 1 is 1.48 bits per heavy atom. The first-order valence-electron chi connectivity index (χ1n) is 10.4. The highest BCUT2D eigenvalue weighted by atomic mass is 32.1. The van der Waals surface area contributed by atoms with Crippen molar-refractivity contribution in [2.24, 2.45) is 13.0 Å². The van der Waals surface area contributed by atoms with E-state index in [-0.39, 0.29) is 11.8 Å². The van der Waals surface area contributed by atoms with E-state index in [1.807, 2.05) is 11.6 Å². The fourth-order valence-electron chi connectivity index (χ4n) is 3.66. The number of hydrogen-bond acceptors (Lipinski definition) is 7. The Kier molecular flexibility index (Phi) is 6.90. The Bertz CT molecular complexity index is 1200. The van der Waals surface area contributed by atoms with Crippen LogP contribution in [0.5, 0.6) is 0 Å². The van der Waals surface area contributed by atoms with Crippen molar-refractivity contribution in [2.75, 3.05) is 11.9 Å². The minimum absolute atomic E-state index is 0.162. The van der Waals surface area contributed by atoms with Gasteiger partial charge in [-0.05, 0) is 42.9 Å². The molecular weight excluding hydrogens is 442 g/mol. The molecule has 33 heavy (non-hydrogen) atoms. The maximum absolute atomic E-state index is 12.3. The van der Waals surface area contributed by atoms with Crippen LogP contribution in [0.1, 0.15) is 33.7 Å². The first-order valence-corrected chi connectivity index (χ1v) is 11.3. The number of aryl methyl sites for hydroxylation is 1. The molecule has 3 heterocycles. The van der Waals surface area contributed by atoms with E-state index in [1.165, 1.54) is 29.9 Å². The van der Waals surface area contributed by atoms with Crippen molar-refractivity contribution in [2.45, 2.75) is 25.8 Å². The number of imidazole rings is 1. The molecule has 10 heteroatoms. The van der Waals surface area contributed by atoms with Gasteiger partial charge < -0.3 is 24.4 Å². The van der Waals surface area contributed by atoms with Gasteiger partial charge in [0.25, 0.3) is 0 Å². The van der Waals surface area contributed by atoms with Crippen molar-refractivity contribution >= 4 is 34.4 Å². The van der Waals surface area contributed by atoms with Crippen molar-refractivity contribution in [3.05, 3.63) is 64.5 Å². The Hall–Kier alpha value is -3.84. The second-order valence-corrected chi connectivity index (χ2v) is 8.86. The van der Waals surface area contributed by atoms with Gasteiger partial charge in [0.15, 0.2) is 0 Å². The van der Waals surface area contributed by atoms with Crippen LogP contribution in [-0.4, -0.2) is 28.2 Å². The fourth-order valence-corrected chi connectivity index (χ4v) is 4.98. The number of furan rings is 1. The van der Waals surface area contributed by atoms with E-state index in [0.29, 0.717) is 36.6 Å². The summed E-state index contributed by atoms with van der Waals surface area (Å²) < 4.78 is 12.2. The van der Waals surface area contributed by atoms with Gasteiger partial charge in [-0.15, -0.1) is 11.3 Å². The van der Waals surface area contributed by atoms with Crippen molar-refractivity contribution in [3.8, 4) is 6.07 Å². The van der Waals surface area contributed by atoms with Gasteiger partial charge in [0.05, 0.1) is 43.3 Å². The molecule has 1 unspecified atom stereocenters. The summed E-state index contributed by atoms with van der Waals surface area (Å²) in [6, 6.07) is 3.98. The normalized spacial score (nSPS) is 15.1. The lowest BCUT2D eigenvalue weighted by Crippen LogP contribution is -2.28. The molecule has 1 aliphatic rings. The maximum atomic E-state index is 12.3. The topological polar surface area (TPSA) is 122 Å². The van der Waals surface area contributed by atoms with Gasteiger partial charge in [0, 0.05) is 29.8 Å². The van der Waals surface area contributed by atoms with Crippen LogP contribution in [0.25, 0.3) is 6.08 Å². The molecule has 9 nitrogen and oxygen atoms in total. The molecule has 0 saturated heterocycles. The SMILES string of the molecule is Cn1cncc1CNC(=O)OCC1CCc2c(sc(NC(=O)/C=C/c3ccoc3)c2C#N)C1. The number of nitrogens with zero attached hydrogens (tertiary/aromatic N) is 3. The van der Waals surface area contributed by atoms with Gasteiger partial charge in [-0.3, -0.25) is 4.79 Å². The van der Waals surface area contributed by atoms with Crippen LogP contribution in [0.15, 0.2) is 41.6 Å². The standard InChI is InChI=1S/C23H23N5O4S/c1-28-14-25-10-17(28)11-26-23(30)32-13-16-2-4-18-19(9-24)22(33-20(18)8-16)27-21(29)5-3-15-6-7-31-12-15/h3,5-7,10,12,14,16H,2,4,8,11,13H2,1H3,(H,26,30)(H,27,29)/b5-3+. The molecular formula is C23H23N5O4S. The molecule has 1 aliphatic carbocycles. The molecule has 0 aromatic carbocycles. The summed E-state index contributed by atoms with van der Waals surface area (Å²) in [6.45, 7) is 0.643. The number of ether oxygens (including phenoxy) is 1. The molecule has 3 aromatic rings. The molecule has 0 spiro atoms. The second-order valence-electron chi connectivity index (χ2n) is 7.76. The predicted octanol–water partition coefficient (Wildman–Crippen LogP) is 3.63. The zero-order chi connectivity index (χ0) is 23.2. The minimum Gasteiger partial charge on any atom is -0.472 e. The molecule has 0 bridgehead atoms. The monoisotopic (exact) mass is 465 g/mol. The third kappa shape index (κ3) is 5.51. The highest BCUT2D eigenvalue weighted by Crippen LogP contribution is 2.39. The largest absolute Gasteiger partial charge is 0.472 e. The zero-order valence-electron chi connectivity index (χ0n) is 18.0. The number of anilines is 1. The van der Waals surface area contributed by atoms with Crippen LogP contribution in [0.2, 0.25) is 0 Å². The number of carbonyl (C=O) groups excluding carboxylic acids is 2. The van der Waals surface area contributed by atoms with Crippen molar-refractivity contribution in [1.29, 1.82) is 5.26 Å². The summed E-state index contributed by atoms with van der Waals surface area (Å²) in [7, 11) is 1.86. The van der Waals surface area contributed by atoms with Crippen LogP contribution in [0.3, 0.4) is 0 Å². The molecule has 1 atom stereocenters. The first kappa shape index (κ1) is 22.4. The van der Waals surface area contributed by atoms with Crippen LogP contribution < -0.4 is 10.6 Å². The lowest BCUT2D eigenvalue weighted by Gasteiger charge is -2.21. The summed E-state index contributed by atoms with van der Waals surface area (Å²) in [5.41, 5.74) is 3.16. The summed E-state index contributed by atoms with van der Waals surface area (Å²) in [4.78, 5) is 29.4. The van der Waals surface area contributed by atoms with Crippen LogP contribution in [0, 0.1) is 17.2 Å². The average molecular weight is 466 g/mol. The molecule has 0 fully saturated rings. The zero-order valence-corrected chi connectivity index (χ0v) is 18.9. The number of aromatic nitrogens is 2. The molecule has 4 rings (SSSR count). The van der Waals surface area contributed by atoms with E-state index in [2.05, 4.69) is 21.7 Å². The third-order valence-electron chi connectivity index (χ3n) is 5.47. The lowest BCUT2D eigenvalue weighted by molar-refractivity contribution is -0.111. The molecule has 3 aromatic heterocycles. The summed E-state index contributed by atoms with van der Waals surface area (Å²) in [6.07, 6.45) is 11.2. The molecule has 2 N–H and O–H groups in total. The number of fused-ring (bicyclic) bond motifs is 1. The van der Waals surface area contributed by atoms with E-state index in [0.717, 1.165) is 28.1 Å². The number of hydrogen-bond donors (Lipinski definition) is 2. The van der Waals surface area contributed by atoms with Crippen molar-refractivity contribution < 1.29 is 18.7 Å². The number of nitrogens with one attached hydrogen (secondary N) is 2. The number of amides is 2. The van der Waals surface area contributed by atoms with E-state index in [9.17, 15) is 14.9 Å². The van der Waals surface area contributed by atoms with Crippen molar-refractivity contribution in [1.82, 2.24) is 14.9 Å². The fraction of sp³-hybridized carbons (Fsp3) is 0.304. The van der Waals surface area contributed by atoms with E-state index in [1.54, 1.807) is 24.7 Å². The Labute approximate surface area is 194 Å². The Morgan fingerprint density at radius 3 is 3.09 bits per heavy atom. The first-order chi connectivity index (χ1) is 16.0. The number of rotatable bonds is 7. The van der Waals surface area contributed by atoms with Gasteiger partial charge in [-0.2, -0.15) is 5.26 Å². The quantitative estimate of drug-likeness (QED) is 0.514. The Morgan fingerprint density at radius 2 is 2.36 bits per heavy atom. The molecule has 170 valence electrons. The molecule has 0 saturated carbocycles. The van der Waals surface area contributed by atoms with Crippen LogP contribution >= 0.6 is 11.3 Å². The van der Waals surface area contributed by atoms with E-state index >= 15 is 0 Å². The van der Waals surface area contributed by atoms with Crippen LogP contribution in [-0.2, 0) is 36.0 Å². The summed E-state index contributed by atoms with van der Waals surface area (Å²) in [5, 5.41) is 15.7. The third-order valence-corrected chi connectivity index (χ3v) is 6.64. The smallest absolute Gasteiger partial charge is 0.407 e. The summed E-state index contributed by atoms with van der Waals surface area (Å²) >= 11 is 1.41. The minimum atomic E-state index is -0.469. The maximum Gasteiger partial charge on any atom is 0.407 e. The predicted molar refractivity (Wildman–Crippen MR) is 122 cm³/mol. The van der Waals surface area contributed by atoms with Gasteiger partial charge in [-0.25, -0.2) is 9.78 Å². The van der Waals surface area contributed by atoms with Crippen molar-refractivity contribution in [3.63, 3.8) is 0 Å². The highest BCUT2D eigenvalue weighted by molar-refractivity contribution is 7.16. The number of carbonyl (C=O) groups is 2. The number of alkyl carbamates (subject to hydrolysis) is 1. The molecule has 0 radical (unpaired) electrons. The number of thiophene rings is 1.